The van der Waals surface area contributed by atoms with Crippen LogP contribution in [0.2, 0.25) is 0 Å². The fourth-order valence-electron chi connectivity index (χ4n) is 4.57. The lowest BCUT2D eigenvalue weighted by Gasteiger charge is -2.38. The quantitative estimate of drug-likeness (QED) is 0.378. The number of carbonyl (C=O) groups excluding carboxylic acids is 3. The van der Waals surface area contributed by atoms with E-state index in [0.29, 0.717) is 0 Å². The van der Waals surface area contributed by atoms with Gasteiger partial charge in [0.25, 0.3) is 5.69 Å². The fourth-order valence-corrected chi connectivity index (χ4v) is 4.57. The average molecular weight is 369 g/mol. The van der Waals surface area contributed by atoms with Crippen LogP contribution >= 0.6 is 0 Å². The SMILES string of the molecule is C[C@@H](C(=O)Nc1ccccc1[N+](=O)[O-])N1C(=O)[C@@H]2[C@H](C1=O)[C@H]1C=C[C@H]2CC1. The number of nitrogens with zero attached hydrogens (tertiary/aromatic N) is 2. The number of nitro groups is 1. The van der Waals surface area contributed by atoms with Crippen LogP contribution in [0.15, 0.2) is 36.4 Å². The zero-order chi connectivity index (χ0) is 19.3. The molecule has 140 valence electrons. The van der Waals surface area contributed by atoms with Gasteiger partial charge in [-0.2, -0.15) is 0 Å². The maximum atomic E-state index is 12.9. The van der Waals surface area contributed by atoms with Crippen molar-refractivity contribution in [3.05, 3.63) is 46.5 Å². The molecular weight excluding hydrogens is 350 g/mol. The Balaban J connectivity index is 1.56. The van der Waals surface area contributed by atoms with E-state index in [0.717, 1.165) is 17.7 Å². The molecule has 0 unspecified atom stereocenters. The predicted octanol–water partition coefficient (Wildman–Crippen LogP) is 2.12. The number of benzene rings is 1. The highest BCUT2D eigenvalue weighted by molar-refractivity contribution is 6.10. The van der Waals surface area contributed by atoms with Gasteiger partial charge in [0, 0.05) is 6.07 Å². The first-order valence-corrected chi connectivity index (χ1v) is 8.99. The summed E-state index contributed by atoms with van der Waals surface area (Å²) >= 11 is 0. The molecule has 3 aliphatic carbocycles. The Hall–Kier alpha value is -3.03. The molecule has 1 saturated heterocycles. The molecule has 1 N–H and O–H groups in total. The Kier molecular flexibility index (Phi) is 4.05. The first-order valence-electron chi connectivity index (χ1n) is 8.99. The van der Waals surface area contributed by atoms with Crippen LogP contribution in [-0.4, -0.2) is 33.6 Å². The molecule has 1 aromatic rings. The molecule has 8 nitrogen and oxygen atoms in total. The van der Waals surface area contributed by atoms with Gasteiger partial charge in [-0.05, 0) is 37.7 Å². The number of likely N-dealkylation sites (tertiary alicyclic amines) is 1. The molecule has 0 aromatic heterocycles. The Bertz CT molecular complexity index is 848. The summed E-state index contributed by atoms with van der Waals surface area (Å²) in [5.41, 5.74) is -0.203. The molecule has 5 atom stereocenters. The molecule has 0 radical (unpaired) electrons. The average Bonchev–Trinajstić information content (AvgIpc) is 2.95. The summed E-state index contributed by atoms with van der Waals surface area (Å²) in [5.74, 6) is -1.92. The van der Waals surface area contributed by atoms with Crippen LogP contribution in [0.5, 0.6) is 0 Å². The number of allylic oxidation sites excluding steroid dienone is 2. The van der Waals surface area contributed by atoms with Gasteiger partial charge in [0.15, 0.2) is 0 Å². The van der Waals surface area contributed by atoms with E-state index in [-0.39, 0.29) is 46.9 Å². The monoisotopic (exact) mass is 369 g/mol. The van der Waals surface area contributed by atoms with Crippen LogP contribution in [0.4, 0.5) is 11.4 Å². The second-order valence-electron chi connectivity index (χ2n) is 7.33. The standard InChI is InChI=1S/C19H19N3O5/c1-10(17(23)20-13-4-2-3-5-14(13)22(26)27)21-18(24)15-11-6-7-12(9-8-11)16(15)19(21)25/h2-7,10-12,15-16H,8-9H2,1H3,(H,20,23)/t10-,11-,12-,15-,16+/m0/s1. The normalized spacial score (nSPS) is 29.6. The van der Waals surface area contributed by atoms with Crippen molar-refractivity contribution in [2.45, 2.75) is 25.8 Å². The maximum absolute atomic E-state index is 12.9. The minimum atomic E-state index is -1.03. The number of imide groups is 1. The van der Waals surface area contributed by atoms with Gasteiger partial charge in [-0.25, -0.2) is 0 Å². The molecule has 8 heteroatoms. The number of anilines is 1. The molecule has 5 rings (SSSR count). The van der Waals surface area contributed by atoms with E-state index in [2.05, 4.69) is 5.32 Å². The number of nitrogens with one attached hydrogen (secondary N) is 1. The van der Waals surface area contributed by atoms with E-state index < -0.39 is 16.9 Å². The zero-order valence-corrected chi connectivity index (χ0v) is 14.7. The topological polar surface area (TPSA) is 110 Å². The summed E-state index contributed by atoms with van der Waals surface area (Å²) in [6, 6.07) is 4.73. The summed E-state index contributed by atoms with van der Waals surface area (Å²) in [4.78, 5) is 50.0. The van der Waals surface area contributed by atoms with Crippen molar-refractivity contribution in [2.24, 2.45) is 23.7 Å². The first kappa shape index (κ1) is 17.4. The van der Waals surface area contributed by atoms with Gasteiger partial charge in [-0.3, -0.25) is 29.4 Å². The minimum absolute atomic E-state index is 0.0394. The number of rotatable bonds is 4. The molecule has 2 bridgehead atoms. The highest BCUT2D eigenvalue weighted by atomic mass is 16.6. The predicted molar refractivity (Wildman–Crippen MR) is 95.4 cm³/mol. The van der Waals surface area contributed by atoms with E-state index in [1.807, 2.05) is 12.2 Å². The Morgan fingerprint density at radius 1 is 1.15 bits per heavy atom. The molecule has 2 fully saturated rings. The zero-order valence-electron chi connectivity index (χ0n) is 14.7. The third-order valence-electron chi connectivity index (χ3n) is 5.92. The maximum Gasteiger partial charge on any atom is 0.292 e. The molecule has 1 heterocycles. The van der Waals surface area contributed by atoms with Crippen molar-refractivity contribution < 1.29 is 19.3 Å². The second kappa shape index (κ2) is 6.29. The van der Waals surface area contributed by atoms with Crippen LogP contribution in [0, 0.1) is 33.8 Å². The molecule has 1 saturated carbocycles. The largest absolute Gasteiger partial charge is 0.319 e. The summed E-state index contributed by atoms with van der Waals surface area (Å²) in [7, 11) is 0. The van der Waals surface area contributed by atoms with E-state index in [4.69, 9.17) is 0 Å². The lowest BCUT2D eigenvalue weighted by atomic mass is 9.63. The summed E-state index contributed by atoms with van der Waals surface area (Å²) in [6.45, 7) is 1.48. The van der Waals surface area contributed by atoms with Crippen LogP contribution in [-0.2, 0) is 14.4 Å². The van der Waals surface area contributed by atoms with Gasteiger partial charge in [0.2, 0.25) is 17.7 Å². The molecule has 4 aliphatic rings. The first-order chi connectivity index (χ1) is 12.9. The molecule has 1 aromatic carbocycles. The number of fused-ring (bicyclic) bond motifs is 1. The van der Waals surface area contributed by atoms with Gasteiger partial charge in [-0.1, -0.05) is 24.3 Å². The van der Waals surface area contributed by atoms with E-state index >= 15 is 0 Å². The Labute approximate surface area is 155 Å². The van der Waals surface area contributed by atoms with E-state index in [1.54, 1.807) is 6.07 Å². The number of amides is 3. The van der Waals surface area contributed by atoms with Gasteiger partial charge < -0.3 is 5.32 Å². The highest BCUT2D eigenvalue weighted by Gasteiger charge is 2.58. The second-order valence-corrected chi connectivity index (χ2v) is 7.33. The Morgan fingerprint density at radius 3 is 2.22 bits per heavy atom. The molecule has 0 spiro atoms. The van der Waals surface area contributed by atoms with Crippen molar-refractivity contribution in [3.63, 3.8) is 0 Å². The van der Waals surface area contributed by atoms with E-state index in [1.165, 1.54) is 25.1 Å². The van der Waals surface area contributed by atoms with E-state index in [9.17, 15) is 24.5 Å². The van der Waals surface area contributed by atoms with Crippen molar-refractivity contribution in [1.29, 1.82) is 0 Å². The third-order valence-corrected chi connectivity index (χ3v) is 5.92. The molecule has 1 aliphatic heterocycles. The van der Waals surface area contributed by atoms with Crippen LogP contribution in [0.25, 0.3) is 0 Å². The van der Waals surface area contributed by atoms with Crippen molar-refractivity contribution >= 4 is 29.1 Å². The van der Waals surface area contributed by atoms with Crippen LogP contribution < -0.4 is 5.32 Å². The fraction of sp³-hybridized carbons (Fsp3) is 0.421. The number of hydrogen-bond acceptors (Lipinski definition) is 5. The number of nitro benzene ring substituents is 1. The summed E-state index contributed by atoms with van der Waals surface area (Å²) in [5, 5.41) is 13.6. The van der Waals surface area contributed by atoms with Crippen molar-refractivity contribution in [2.75, 3.05) is 5.32 Å². The smallest absolute Gasteiger partial charge is 0.292 e. The highest BCUT2D eigenvalue weighted by Crippen LogP contribution is 2.50. The molecular formula is C19H19N3O5. The lowest BCUT2D eigenvalue weighted by molar-refractivity contribution is -0.383. The lowest BCUT2D eigenvalue weighted by Crippen LogP contribution is -2.46. The van der Waals surface area contributed by atoms with Crippen LogP contribution in [0.1, 0.15) is 19.8 Å². The van der Waals surface area contributed by atoms with Crippen LogP contribution in [0.3, 0.4) is 0 Å². The van der Waals surface area contributed by atoms with Gasteiger partial charge in [0.05, 0.1) is 16.8 Å². The Morgan fingerprint density at radius 2 is 1.70 bits per heavy atom. The number of para-hydroxylation sites is 2. The number of hydrogen-bond donors (Lipinski definition) is 1. The summed E-state index contributed by atoms with van der Waals surface area (Å²) < 4.78 is 0. The summed E-state index contributed by atoms with van der Waals surface area (Å²) in [6.07, 6.45) is 5.79. The minimum Gasteiger partial charge on any atom is -0.319 e. The molecule has 27 heavy (non-hydrogen) atoms. The van der Waals surface area contributed by atoms with Gasteiger partial charge in [-0.15, -0.1) is 0 Å². The van der Waals surface area contributed by atoms with Gasteiger partial charge >= 0.3 is 0 Å². The van der Waals surface area contributed by atoms with Gasteiger partial charge in [0.1, 0.15) is 11.7 Å². The van der Waals surface area contributed by atoms with Crippen molar-refractivity contribution in [3.8, 4) is 0 Å². The number of carbonyl (C=O) groups is 3. The molecule has 3 amide bonds. The third kappa shape index (κ3) is 2.63. The van der Waals surface area contributed by atoms with Crippen molar-refractivity contribution in [1.82, 2.24) is 4.90 Å².